The van der Waals surface area contributed by atoms with Crippen LogP contribution in [0.2, 0.25) is 5.02 Å². The van der Waals surface area contributed by atoms with Gasteiger partial charge < -0.3 is 4.90 Å². The molecule has 1 amide bonds. The fourth-order valence-corrected chi connectivity index (χ4v) is 4.07. The SMILES string of the molecule is Cn1cc(CCC(=O)N2CCSC[C@H]2c2ccc(Cl)cc2)cn1. The Hall–Kier alpha value is -1.46. The normalized spacial score (nSPS) is 18.2. The summed E-state index contributed by atoms with van der Waals surface area (Å²) in [6, 6.07) is 8.00. The largest absolute Gasteiger partial charge is 0.334 e. The quantitative estimate of drug-likeness (QED) is 0.849. The summed E-state index contributed by atoms with van der Waals surface area (Å²) in [5, 5.41) is 4.88. The maximum atomic E-state index is 12.7. The van der Waals surface area contributed by atoms with Crippen LogP contribution in [0, 0.1) is 0 Å². The minimum Gasteiger partial charge on any atom is -0.334 e. The highest BCUT2D eigenvalue weighted by atomic mass is 35.5. The molecule has 2 heterocycles. The molecule has 122 valence electrons. The summed E-state index contributed by atoms with van der Waals surface area (Å²) in [5.41, 5.74) is 2.27. The molecule has 2 aromatic rings. The third kappa shape index (κ3) is 4.09. The van der Waals surface area contributed by atoms with E-state index in [1.54, 1.807) is 4.68 Å². The van der Waals surface area contributed by atoms with Gasteiger partial charge in [0.15, 0.2) is 0 Å². The first-order valence-corrected chi connectivity index (χ1v) is 9.27. The van der Waals surface area contributed by atoms with E-state index in [9.17, 15) is 4.79 Å². The first kappa shape index (κ1) is 16.4. The van der Waals surface area contributed by atoms with Crippen LogP contribution in [0.25, 0.3) is 0 Å². The minimum atomic E-state index is 0.146. The topological polar surface area (TPSA) is 38.1 Å². The molecule has 1 aliphatic rings. The van der Waals surface area contributed by atoms with Crippen molar-refractivity contribution in [2.24, 2.45) is 7.05 Å². The minimum absolute atomic E-state index is 0.146. The molecule has 0 N–H and O–H groups in total. The van der Waals surface area contributed by atoms with E-state index in [0.29, 0.717) is 6.42 Å². The van der Waals surface area contributed by atoms with Crippen LogP contribution in [0.3, 0.4) is 0 Å². The Morgan fingerprint density at radius 2 is 2.17 bits per heavy atom. The summed E-state index contributed by atoms with van der Waals surface area (Å²) in [7, 11) is 1.89. The Labute approximate surface area is 145 Å². The number of nitrogens with zero attached hydrogens (tertiary/aromatic N) is 3. The Morgan fingerprint density at radius 1 is 1.39 bits per heavy atom. The second-order valence-corrected chi connectivity index (χ2v) is 7.34. The van der Waals surface area contributed by atoms with Gasteiger partial charge in [-0.1, -0.05) is 23.7 Å². The monoisotopic (exact) mass is 349 g/mol. The number of thioether (sulfide) groups is 1. The third-order valence-electron chi connectivity index (χ3n) is 4.09. The second kappa shape index (κ2) is 7.41. The molecule has 0 radical (unpaired) electrons. The standard InChI is InChI=1S/C17H20ClN3OS/c1-20-11-13(10-19-20)2-7-17(22)21-8-9-23-12-16(21)14-3-5-15(18)6-4-14/h3-6,10-11,16H,2,7-9,12H2,1H3/t16-/m0/s1. The van der Waals surface area contributed by atoms with Crippen molar-refractivity contribution in [2.75, 3.05) is 18.1 Å². The lowest BCUT2D eigenvalue weighted by molar-refractivity contribution is -0.133. The van der Waals surface area contributed by atoms with Crippen LogP contribution in [0.4, 0.5) is 0 Å². The van der Waals surface area contributed by atoms with E-state index in [0.717, 1.165) is 40.6 Å². The van der Waals surface area contributed by atoms with E-state index in [2.05, 4.69) is 5.10 Å². The molecule has 0 unspecified atom stereocenters. The van der Waals surface area contributed by atoms with Crippen LogP contribution in [-0.4, -0.2) is 38.6 Å². The fraction of sp³-hybridized carbons (Fsp3) is 0.412. The van der Waals surface area contributed by atoms with E-state index < -0.39 is 0 Å². The summed E-state index contributed by atoms with van der Waals surface area (Å²) in [6.07, 6.45) is 5.07. The highest BCUT2D eigenvalue weighted by Gasteiger charge is 2.27. The van der Waals surface area contributed by atoms with Crippen LogP contribution in [-0.2, 0) is 18.3 Å². The number of carbonyl (C=O) groups is 1. The highest BCUT2D eigenvalue weighted by molar-refractivity contribution is 7.99. The number of halogens is 1. The molecule has 1 aromatic heterocycles. The number of aryl methyl sites for hydroxylation is 2. The average Bonchev–Trinajstić information content (AvgIpc) is 2.99. The summed E-state index contributed by atoms with van der Waals surface area (Å²) >= 11 is 7.88. The van der Waals surface area contributed by atoms with Crippen LogP contribution in [0.15, 0.2) is 36.7 Å². The van der Waals surface area contributed by atoms with Crippen LogP contribution >= 0.6 is 23.4 Å². The molecule has 1 saturated heterocycles. The lowest BCUT2D eigenvalue weighted by Crippen LogP contribution is -2.40. The zero-order valence-electron chi connectivity index (χ0n) is 13.1. The fourth-order valence-electron chi connectivity index (χ4n) is 2.86. The summed E-state index contributed by atoms with van der Waals surface area (Å²) in [6.45, 7) is 0.809. The lowest BCUT2D eigenvalue weighted by Gasteiger charge is -2.36. The molecule has 1 aliphatic heterocycles. The number of amides is 1. The van der Waals surface area contributed by atoms with Crippen molar-refractivity contribution in [1.82, 2.24) is 14.7 Å². The molecular formula is C17H20ClN3OS. The van der Waals surface area contributed by atoms with E-state index in [4.69, 9.17) is 11.6 Å². The maximum absolute atomic E-state index is 12.7. The summed E-state index contributed by atoms with van der Waals surface area (Å²) < 4.78 is 1.77. The summed E-state index contributed by atoms with van der Waals surface area (Å²) in [4.78, 5) is 14.7. The van der Waals surface area contributed by atoms with Gasteiger partial charge >= 0.3 is 0 Å². The van der Waals surface area contributed by atoms with Gasteiger partial charge in [-0.3, -0.25) is 9.48 Å². The van der Waals surface area contributed by atoms with Gasteiger partial charge in [-0.05, 0) is 29.7 Å². The zero-order valence-corrected chi connectivity index (χ0v) is 14.7. The van der Waals surface area contributed by atoms with Crippen LogP contribution in [0.5, 0.6) is 0 Å². The number of carbonyl (C=O) groups excluding carboxylic acids is 1. The van der Waals surface area contributed by atoms with Crippen LogP contribution in [0.1, 0.15) is 23.6 Å². The van der Waals surface area contributed by atoms with Crippen molar-refractivity contribution >= 4 is 29.3 Å². The van der Waals surface area contributed by atoms with Crippen molar-refractivity contribution in [3.63, 3.8) is 0 Å². The molecule has 0 bridgehead atoms. The van der Waals surface area contributed by atoms with Crippen LogP contribution < -0.4 is 0 Å². The molecule has 3 rings (SSSR count). The molecule has 6 heteroatoms. The van der Waals surface area contributed by atoms with Crippen molar-refractivity contribution in [3.8, 4) is 0 Å². The Kier molecular flexibility index (Phi) is 5.28. The number of hydrogen-bond acceptors (Lipinski definition) is 3. The molecule has 1 fully saturated rings. The molecule has 0 saturated carbocycles. The second-order valence-electron chi connectivity index (χ2n) is 5.75. The van der Waals surface area contributed by atoms with Gasteiger partial charge in [-0.15, -0.1) is 0 Å². The van der Waals surface area contributed by atoms with Gasteiger partial charge in [0.05, 0.1) is 12.2 Å². The first-order valence-electron chi connectivity index (χ1n) is 7.73. The summed E-state index contributed by atoms with van der Waals surface area (Å²) in [5.74, 6) is 2.16. The van der Waals surface area contributed by atoms with Crippen molar-refractivity contribution < 1.29 is 4.79 Å². The molecule has 1 atom stereocenters. The van der Waals surface area contributed by atoms with Gasteiger partial charge in [-0.2, -0.15) is 16.9 Å². The molecule has 23 heavy (non-hydrogen) atoms. The van der Waals surface area contributed by atoms with Gasteiger partial charge in [0.25, 0.3) is 0 Å². The predicted octanol–water partition coefficient (Wildman–Crippen LogP) is 3.32. The van der Waals surface area contributed by atoms with Crippen molar-refractivity contribution in [3.05, 3.63) is 52.8 Å². The molecule has 4 nitrogen and oxygen atoms in total. The number of rotatable bonds is 4. The van der Waals surface area contributed by atoms with Crippen molar-refractivity contribution in [1.29, 1.82) is 0 Å². The van der Waals surface area contributed by atoms with E-state index in [1.807, 2.05) is 60.4 Å². The molecule has 1 aromatic carbocycles. The molecule has 0 spiro atoms. The smallest absolute Gasteiger partial charge is 0.223 e. The van der Waals surface area contributed by atoms with Gasteiger partial charge in [0, 0.05) is 42.7 Å². The number of aromatic nitrogens is 2. The highest BCUT2D eigenvalue weighted by Crippen LogP contribution is 2.30. The number of benzene rings is 1. The molecule has 0 aliphatic carbocycles. The third-order valence-corrected chi connectivity index (χ3v) is 5.36. The maximum Gasteiger partial charge on any atom is 0.223 e. The molecular weight excluding hydrogens is 330 g/mol. The van der Waals surface area contributed by atoms with Crippen molar-refractivity contribution in [2.45, 2.75) is 18.9 Å². The Balaban J connectivity index is 1.67. The Bertz CT molecular complexity index is 671. The number of hydrogen-bond donors (Lipinski definition) is 0. The average molecular weight is 350 g/mol. The predicted molar refractivity (Wildman–Crippen MR) is 94.8 cm³/mol. The van der Waals surface area contributed by atoms with Gasteiger partial charge in [-0.25, -0.2) is 0 Å². The van der Waals surface area contributed by atoms with E-state index >= 15 is 0 Å². The van der Waals surface area contributed by atoms with E-state index in [1.165, 1.54) is 0 Å². The van der Waals surface area contributed by atoms with E-state index in [-0.39, 0.29) is 11.9 Å². The zero-order chi connectivity index (χ0) is 16.2. The first-order chi connectivity index (χ1) is 11.1. The van der Waals surface area contributed by atoms with Gasteiger partial charge in [0.2, 0.25) is 5.91 Å². The van der Waals surface area contributed by atoms with Gasteiger partial charge in [0.1, 0.15) is 0 Å². The lowest BCUT2D eigenvalue weighted by atomic mass is 10.1. The Morgan fingerprint density at radius 3 is 2.87 bits per heavy atom.